The van der Waals surface area contributed by atoms with Crippen molar-refractivity contribution >= 4 is 16.7 Å². The third-order valence-electron chi connectivity index (χ3n) is 1.92. The molecule has 0 saturated carbocycles. The van der Waals surface area contributed by atoms with E-state index in [0.717, 1.165) is 11.0 Å². The van der Waals surface area contributed by atoms with Crippen LogP contribution in [0.1, 0.15) is 37.4 Å². The fraction of sp³-hybridized carbons (Fsp3) is 0.556. The number of nitrogens with one attached hydrogen (secondary N) is 1. The summed E-state index contributed by atoms with van der Waals surface area (Å²) in [5, 5.41) is 11.5. The Morgan fingerprint density at radius 2 is 2.19 bits per heavy atom. The predicted octanol–water partition coefficient (Wildman–Crippen LogP) is 1.97. The van der Waals surface area contributed by atoms with Gasteiger partial charge in [-0.25, -0.2) is 4.98 Å². The quantitative estimate of drug-likeness (QED) is 0.879. The van der Waals surface area contributed by atoms with Crippen LogP contribution in [0.4, 0.5) is 5.13 Å². The highest BCUT2D eigenvalue weighted by Gasteiger charge is 2.08. The van der Waals surface area contributed by atoms with Gasteiger partial charge in [0.2, 0.25) is 16.9 Å². The number of aromatic nitrogens is 4. The van der Waals surface area contributed by atoms with Crippen LogP contribution >= 0.6 is 11.5 Å². The average Bonchev–Trinajstić information content (AvgIpc) is 2.83. The zero-order valence-electron chi connectivity index (χ0n) is 9.39. The molecule has 2 heterocycles. The van der Waals surface area contributed by atoms with Crippen molar-refractivity contribution in [3.05, 3.63) is 17.6 Å². The third kappa shape index (κ3) is 2.54. The Labute approximate surface area is 97.3 Å². The Morgan fingerprint density at radius 1 is 1.38 bits per heavy atom. The van der Waals surface area contributed by atoms with E-state index >= 15 is 0 Å². The van der Waals surface area contributed by atoms with E-state index in [-0.39, 0.29) is 0 Å². The fourth-order valence-electron chi connectivity index (χ4n) is 1.10. The molecule has 0 bridgehead atoms. The molecular formula is C9H13N5OS. The zero-order valence-corrected chi connectivity index (χ0v) is 10.2. The molecule has 86 valence electrons. The van der Waals surface area contributed by atoms with Crippen molar-refractivity contribution in [3.8, 4) is 0 Å². The van der Waals surface area contributed by atoms with E-state index in [1.54, 1.807) is 6.92 Å². The summed E-state index contributed by atoms with van der Waals surface area (Å²) in [6.45, 7) is 6.37. The normalized spacial score (nSPS) is 11.0. The number of aryl methyl sites for hydroxylation is 1. The van der Waals surface area contributed by atoms with E-state index < -0.39 is 0 Å². The molecule has 0 aliphatic heterocycles. The Morgan fingerprint density at radius 3 is 2.75 bits per heavy atom. The van der Waals surface area contributed by atoms with Gasteiger partial charge in [0.05, 0.1) is 6.54 Å². The minimum absolute atomic E-state index is 0.345. The second-order valence-electron chi connectivity index (χ2n) is 3.68. The Kier molecular flexibility index (Phi) is 3.14. The maximum atomic E-state index is 5.23. The molecule has 0 saturated heterocycles. The number of hydrogen-bond donors (Lipinski definition) is 1. The Bertz CT molecular complexity index is 464. The largest absolute Gasteiger partial charge is 0.424 e. The molecule has 0 fully saturated rings. The molecule has 1 N–H and O–H groups in total. The van der Waals surface area contributed by atoms with Gasteiger partial charge in [-0.1, -0.05) is 13.8 Å². The fourth-order valence-corrected chi connectivity index (χ4v) is 1.80. The van der Waals surface area contributed by atoms with Gasteiger partial charge in [0.1, 0.15) is 5.82 Å². The standard InChI is InChI=1S/C9H13N5OS/c1-5(2)8-11-9(16-14-8)10-4-7-13-12-6(3)15-7/h5H,4H2,1-3H3,(H,10,11,14). The third-order valence-corrected chi connectivity index (χ3v) is 2.60. The van der Waals surface area contributed by atoms with Gasteiger partial charge in [0.25, 0.3) is 0 Å². The van der Waals surface area contributed by atoms with Crippen LogP contribution in [0.2, 0.25) is 0 Å². The highest BCUT2D eigenvalue weighted by molar-refractivity contribution is 7.09. The van der Waals surface area contributed by atoms with Crippen LogP contribution in [0.25, 0.3) is 0 Å². The van der Waals surface area contributed by atoms with Crippen molar-refractivity contribution in [3.63, 3.8) is 0 Å². The van der Waals surface area contributed by atoms with Gasteiger partial charge in [-0.2, -0.15) is 4.37 Å². The first kappa shape index (κ1) is 11.0. The molecule has 0 radical (unpaired) electrons. The molecule has 0 aliphatic rings. The Hall–Kier alpha value is -1.50. The van der Waals surface area contributed by atoms with E-state index in [1.807, 2.05) is 0 Å². The number of nitrogens with zero attached hydrogens (tertiary/aromatic N) is 4. The van der Waals surface area contributed by atoms with Crippen molar-refractivity contribution in [2.24, 2.45) is 0 Å². The highest BCUT2D eigenvalue weighted by Crippen LogP contribution is 2.17. The minimum Gasteiger partial charge on any atom is -0.424 e. The lowest BCUT2D eigenvalue weighted by molar-refractivity contribution is 0.474. The van der Waals surface area contributed by atoms with E-state index in [2.05, 4.69) is 38.7 Å². The molecule has 2 aromatic heterocycles. The lowest BCUT2D eigenvalue weighted by atomic mass is 10.2. The molecule has 2 aromatic rings. The van der Waals surface area contributed by atoms with E-state index in [1.165, 1.54) is 11.5 Å². The van der Waals surface area contributed by atoms with Crippen LogP contribution in [-0.4, -0.2) is 19.6 Å². The first-order chi connectivity index (χ1) is 7.65. The molecule has 0 amide bonds. The van der Waals surface area contributed by atoms with Gasteiger partial charge >= 0.3 is 0 Å². The first-order valence-corrected chi connectivity index (χ1v) is 5.79. The summed E-state index contributed by atoms with van der Waals surface area (Å²) >= 11 is 1.34. The summed E-state index contributed by atoms with van der Waals surface area (Å²) in [6.07, 6.45) is 0. The maximum absolute atomic E-state index is 5.23. The van der Waals surface area contributed by atoms with Gasteiger partial charge in [-0.15, -0.1) is 10.2 Å². The van der Waals surface area contributed by atoms with Gasteiger partial charge < -0.3 is 9.73 Å². The van der Waals surface area contributed by atoms with Crippen LogP contribution in [0.3, 0.4) is 0 Å². The number of hydrogen-bond acceptors (Lipinski definition) is 7. The lowest BCUT2D eigenvalue weighted by Gasteiger charge is -1.97. The maximum Gasteiger partial charge on any atom is 0.235 e. The number of anilines is 1. The summed E-state index contributed by atoms with van der Waals surface area (Å²) in [5.41, 5.74) is 0. The number of rotatable bonds is 4. The van der Waals surface area contributed by atoms with Crippen LogP contribution in [0.15, 0.2) is 4.42 Å². The monoisotopic (exact) mass is 239 g/mol. The lowest BCUT2D eigenvalue weighted by Crippen LogP contribution is -1.99. The van der Waals surface area contributed by atoms with Crippen LogP contribution in [0, 0.1) is 6.92 Å². The van der Waals surface area contributed by atoms with Gasteiger partial charge in [0.15, 0.2) is 0 Å². The van der Waals surface area contributed by atoms with Crippen LogP contribution in [-0.2, 0) is 6.54 Å². The molecule has 0 unspecified atom stereocenters. The molecule has 0 aliphatic carbocycles. The van der Waals surface area contributed by atoms with E-state index in [0.29, 0.717) is 24.2 Å². The second kappa shape index (κ2) is 4.56. The summed E-state index contributed by atoms with van der Waals surface area (Å²) in [5.74, 6) is 2.32. The van der Waals surface area contributed by atoms with Crippen molar-refractivity contribution in [1.82, 2.24) is 19.6 Å². The molecule has 0 atom stereocenters. The minimum atomic E-state index is 0.345. The smallest absolute Gasteiger partial charge is 0.235 e. The van der Waals surface area contributed by atoms with Crippen molar-refractivity contribution in [2.75, 3.05) is 5.32 Å². The molecule has 2 rings (SSSR count). The first-order valence-electron chi connectivity index (χ1n) is 5.01. The van der Waals surface area contributed by atoms with Gasteiger partial charge in [0, 0.05) is 24.4 Å². The summed E-state index contributed by atoms with van der Waals surface area (Å²) < 4.78 is 9.47. The van der Waals surface area contributed by atoms with Crippen molar-refractivity contribution in [2.45, 2.75) is 33.2 Å². The summed E-state index contributed by atoms with van der Waals surface area (Å²) in [4.78, 5) is 4.34. The van der Waals surface area contributed by atoms with E-state index in [9.17, 15) is 0 Å². The van der Waals surface area contributed by atoms with Crippen LogP contribution < -0.4 is 5.32 Å². The van der Waals surface area contributed by atoms with E-state index in [4.69, 9.17) is 4.42 Å². The molecule has 7 heteroatoms. The SMILES string of the molecule is Cc1nnc(CNc2nc(C(C)C)ns2)o1. The summed E-state index contributed by atoms with van der Waals surface area (Å²) in [6, 6.07) is 0. The molecule has 16 heavy (non-hydrogen) atoms. The zero-order chi connectivity index (χ0) is 11.5. The molecular weight excluding hydrogens is 226 g/mol. The topological polar surface area (TPSA) is 76.7 Å². The van der Waals surface area contributed by atoms with Crippen LogP contribution in [0.5, 0.6) is 0 Å². The molecule has 0 spiro atoms. The predicted molar refractivity (Wildman–Crippen MR) is 60.4 cm³/mol. The highest BCUT2D eigenvalue weighted by atomic mass is 32.1. The molecule has 6 nitrogen and oxygen atoms in total. The molecule has 0 aromatic carbocycles. The Balaban J connectivity index is 1.94. The average molecular weight is 239 g/mol. The van der Waals surface area contributed by atoms with Crippen molar-refractivity contribution < 1.29 is 4.42 Å². The van der Waals surface area contributed by atoms with Crippen molar-refractivity contribution in [1.29, 1.82) is 0 Å². The second-order valence-corrected chi connectivity index (χ2v) is 4.43. The van der Waals surface area contributed by atoms with Gasteiger partial charge in [-0.05, 0) is 0 Å². The summed E-state index contributed by atoms with van der Waals surface area (Å²) in [7, 11) is 0. The van der Waals surface area contributed by atoms with Gasteiger partial charge in [-0.3, -0.25) is 0 Å².